The lowest BCUT2D eigenvalue weighted by Crippen LogP contribution is -1.85. The van der Waals surface area contributed by atoms with Crippen LogP contribution in [0, 0.1) is 11.8 Å². The van der Waals surface area contributed by atoms with Crippen molar-refractivity contribution in [2.24, 2.45) is 0 Å². The number of nitrogens with one attached hydrogen (secondary N) is 1. The SMILES string of the molecule is OCC#Cc1ccc(-c2ccc3c(c2)[nH]c2ccncc23)cn1. The first kappa shape index (κ1) is 13.5. The number of H-pyrrole nitrogens is 1. The van der Waals surface area contributed by atoms with Crippen molar-refractivity contribution in [1.29, 1.82) is 0 Å². The number of aliphatic hydroxyl groups excluding tert-OH is 1. The molecule has 0 bridgehead atoms. The molecule has 0 fully saturated rings. The van der Waals surface area contributed by atoms with Crippen LogP contribution in [0.25, 0.3) is 32.9 Å². The Kier molecular flexibility index (Phi) is 3.26. The van der Waals surface area contributed by atoms with Crippen molar-refractivity contribution in [3.8, 4) is 23.0 Å². The van der Waals surface area contributed by atoms with Crippen molar-refractivity contribution >= 4 is 21.8 Å². The fourth-order valence-corrected chi connectivity index (χ4v) is 2.69. The van der Waals surface area contributed by atoms with E-state index in [1.807, 2.05) is 24.4 Å². The highest BCUT2D eigenvalue weighted by atomic mass is 16.2. The van der Waals surface area contributed by atoms with Crippen LogP contribution in [0.3, 0.4) is 0 Å². The Bertz CT molecular complexity index is 1050. The summed E-state index contributed by atoms with van der Waals surface area (Å²) in [7, 11) is 0. The second kappa shape index (κ2) is 5.56. The molecule has 0 amide bonds. The second-order valence-corrected chi connectivity index (χ2v) is 5.20. The molecule has 0 unspecified atom stereocenters. The molecule has 0 aliphatic heterocycles. The van der Waals surface area contributed by atoms with Gasteiger partial charge in [-0.05, 0) is 29.7 Å². The second-order valence-electron chi connectivity index (χ2n) is 5.20. The van der Waals surface area contributed by atoms with Gasteiger partial charge in [0, 0.05) is 46.0 Å². The van der Waals surface area contributed by atoms with Crippen LogP contribution in [0.1, 0.15) is 5.69 Å². The Balaban J connectivity index is 1.78. The Hall–Kier alpha value is -3.16. The number of aromatic amines is 1. The number of aliphatic hydroxyl groups is 1. The number of nitrogens with zero attached hydrogens (tertiary/aromatic N) is 2. The minimum Gasteiger partial charge on any atom is -0.384 e. The van der Waals surface area contributed by atoms with Gasteiger partial charge in [0.15, 0.2) is 0 Å². The van der Waals surface area contributed by atoms with Gasteiger partial charge in [-0.1, -0.05) is 24.1 Å². The summed E-state index contributed by atoms with van der Waals surface area (Å²) in [6.07, 6.45) is 5.46. The number of hydrogen-bond acceptors (Lipinski definition) is 3. The third-order valence-corrected chi connectivity index (χ3v) is 3.79. The smallest absolute Gasteiger partial charge is 0.113 e. The summed E-state index contributed by atoms with van der Waals surface area (Å²) in [5.41, 5.74) is 4.93. The van der Waals surface area contributed by atoms with Gasteiger partial charge in [-0.25, -0.2) is 4.98 Å². The molecule has 23 heavy (non-hydrogen) atoms. The molecule has 110 valence electrons. The zero-order valence-corrected chi connectivity index (χ0v) is 12.2. The van der Waals surface area contributed by atoms with Gasteiger partial charge in [0.2, 0.25) is 0 Å². The average molecular weight is 299 g/mol. The van der Waals surface area contributed by atoms with Gasteiger partial charge in [-0.3, -0.25) is 4.98 Å². The van der Waals surface area contributed by atoms with Crippen molar-refractivity contribution in [2.45, 2.75) is 0 Å². The minimum absolute atomic E-state index is 0.157. The summed E-state index contributed by atoms with van der Waals surface area (Å²) in [6, 6.07) is 12.1. The topological polar surface area (TPSA) is 61.8 Å². The van der Waals surface area contributed by atoms with Crippen molar-refractivity contribution in [1.82, 2.24) is 15.0 Å². The molecule has 4 rings (SSSR count). The van der Waals surface area contributed by atoms with Gasteiger partial charge in [-0.15, -0.1) is 0 Å². The minimum atomic E-state index is -0.157. The third kappa shape index (κ3) is 2.44. The highest BCUT2D eigenvalue weighted by Gasteiger charge is 2.06. The van der Waals surface area contributed by atoms with Crippen LogP contribution in [-0.4, -0.2) is 26.7 Å². The van der Waals surface area contributed by atoms with E-state index in [-0.39, 0.29) is 6.61 Å². The maximum atomic E-state index is 8.71. The summed E-state index contributed by atoms with van der Waals surface area (Å²) >= 11 is 0. The molecule has 4 heteroatoms. The number of pyridine rings is 2. The molecular weight excluding hydrogens is 286 g/mol. The lowest BCUT2D eigenvalue weighted by Gasteiger charge is -2.02. The van der Waals surface area contributed by atoms with Crippen molar-refractivity contribution < 1.29 is 5.11 Å². The van der Waals surface area contributed by atoms with Gasteiger partial charge in [0.1, 0.15) is 12.3 Å². The number of hydrogen-bond donors (Lipinski definition) is 2. The largest absolute Gasteiger partial charge is 0.384 e. The predicted octanol–water partition coefficient (Wildman–Crippen LogP) is 3.12. The molecule has 0 saturated carbocycles. The van der Waals surface area contributed by atoms with Gasteiger partial charge in [0.25, 0.3) is 0 Å². The molecule has 3 heterocycles. The lowest BCUT2D eigenvalue weighted by atomic mass is 10.1. The van der Waals surface area contributed by atoms with Crippen LogP contribution in [0.5, 0.6) is 0 Å². The van der Waals surface area contributed by atoms with E-state index < -0.39 is 0 Å². The zero-order valence-electron chi connectivity index (χ0n) is 12.2. The Morgan fingerprint density at radius 3 is 2.70 bits per heavy atom. The van der Waals surface area contributed by atoms with Gasteiger partial charge in [-0.2, -0.15) is 0 Å². The molecule has 3 aromatic heterocycles. The van der Waals surface area contributed by atoms with E-state index in [9.17, 15) is 0 Å². The standard InChI is InChI=1S/C19H13N3O/c23-9-1-2-15-5-3-14(11-21-15)13-4-6-16-17-12-20-8-7-18(17)22-19(16)10-13/h3-8,10-12,22-23H,9H2. The number of rotatable bonds is 1. The Morgan fingerprint density at radius 2 is 1.87 bits per heavy atom. The van der Waals surface area contributed by atoms with Crippen LogP contribution >= 0.6 is 0 Å². The first-order chi connectivity index (χ1) is 11.3. The maximum absolute atomic E-state index is 8.71. The molecule has 0 saturated heterocycles. The van der Waals surface area contributed by atoms with Crippen molar-refractivity contribution in [2.75, 3.05) is 6.61 Å². The van der Waals surface area contributed by atoms with E-state index >= 15 is 0 Å². The highest BCUT2D eigenvalue weighted by molar-refractivity contribution is 6.07. The summed E-state index contributed by atoms with van der Waals surface area (Å²) in [6.45, 7) is -0.157. The maximum Gasteiger partial charge on any atom is 0.113 e. The van der Waals surface area contributed by atoms with E-state index in [1.54, 1.807) is 12.4 Å². The normalized spacial score (nSPS) is 10.7. The molecule has 2 N–H and O–H groups in total. The molecule has 0 radical (unpaired) electrons. The first-order valence-electron chi connectivity index (χ1n) is 7.27. The lowest BCUT2D eigenvalue weighted by molar-refractivity contribution is 0.350. The van der Waals surface area contributed by atoms with Crippen LogP contribution in [0.15, 0.2) is 55.0 Å². The monoisotopic (exact) mass is 299 g/mol. The first-order valence-corrected chi connectivity index (χ1v) is 7.27. The third-order valence-electron chi connectivity index (χ3n) is 3.79. The molecule has 0 aliphatic rings. The van der Waals surface area contributed by atoms with Crippen LogP contribution in [0.4, 0.5) is 0 Å². The molecule has 4 aromatic rings. The molecule has 0 spiro atoms. The Labute approximate surface area is 132 Å². The van der Waals surface area contributed by atoms with E-state index in [1.165, 1.54) is 0 Å². The van der Waals surface area contributed by atoms with Gasteiger partial charge >= 0.3 is 0 Å². The number of benzene rings is 1. The molecule has 4 nitrogen and oxygen atoms in total. The molecule has 0 atom stereocenters. The predicted molar refractivity (Wildman–Crippen MR) is 90.8 cm³/mol. The summed E-state index contributed by atoms with van der Waals surface area (Å²) in [4.78, 5) is 11.9. The molecular formula is C19H13N3O. The van der Waals surface area contributed by atoms with Crippen molar-refractivity contribution in [3.63, 3.8) is 0 Å². The highest BCUT2D eigenvalue weighted by Crippen LogP contribution is 2.28. The summed E-state index contributed by atoms with van der Waals surface area (Å²) < 4.78 is 0. The van der Waals surface area contributed by atoms with E-state index in [0.717, 1.165) is 32.9 Å². The number of aromatic nitrogens is 3. The fourth-order valence-electron chi connectivity index (χ4n) is 2.69. The van der Waals surface area contributed by atoms with E-state index in [2.05, 4.69) is 45.0 Å². The van der Waals surface area contributed by atoms with E-state index in [4.69, 9.17) is 5.11 Å². The van der Waals surface area contributed by atoms with Crippen LogP contribution in [-0.2, 0) is 0 Å². The molecule has 0 aliphatic carbocycles. The fraction of sp³-hybridized carbons (Fsp3) is 0.0526. The van der Waals surface area contributed by atoms with E-state index in [0.29, 0.717) is 5.69 Å². The summed E-state index contributed by atoms with van der Waals surface area (Å²) in [5, 5.41) is 11.0. The zero-order chi connectivity index (χ0) is 15.6. The van der Waals surface area contributed by atoms with Gasteiger partial charge in [0.05, 0.1) is 0 Å². The quantitative estimate of drug-likeness (QED) is 0.531. The number of fused-ring (bicyclic) bond motifs is 3. The average Bonchev–Trinajstić information content (AvgIpc) is 2.98. The Morgan fingerprint density at radius 1 is 0.957 bits per heavy atom. The molecule has 1 aromatic carbocycles. The summed E-state index contributed by atoms with van der Waals surface area (Å²) in [5.74, 6) is 5.39. The van der Waals surface area contributed by atoms with Crippen LogP contribution in [0.2, 0.25) is 0 Å². The van der Waals surface area contributed by atoms with Crippen molar-refractivity contribution in [3.05, 3.63) is 60.7 Å². The van der Waals surface area contributed by atoms with Gasteiger partial charge < -0.3 is 10.1 Å². The van der Waals surface area contributed by atoms with Crippen LogP contribution < -0.4 is 0 Å².